The molecule has 17 heavy (non-hydrogen) atoms. The monoisotopic (exact) mass is 233 g/mol. The minimum absolute atomic E-state index is 0.209. The van der Waals surface area contributed by atoms with Gasteiger partial charge in [0, 0.05) is 23.4 Å². The lowest BCUT2D eigenvalue weighted by atomic mass is 9.94. The third kappa shape index (κ3) is 1.59. The van der Waals surface area contributed by atoms with Gasteiger partial charge in [0.2, 0.25) is 0 Å². The van der Waals surface area contributed by atoms with Crippen LogP contribution in [0.15, 0.2) is 23.0 Å². The average molecular weight is 233 g/mol. The van der Waals surface area contributed by atoms with E-state index in [1.165, 1.54) is 12.5 Å². The van der Waals surface area contributed by atoms with Crippen LogP contribution in [0.5, 0.6) is 0 Å². The summed E-state index contributed by atoms with van der Waals surface area (Å²) in [7, 11) is 0. The number of anilines is 1. The fourth-order valence-corrected chi connectivity index (χ4v) is 2.22. The quantitative estimate of drug-likeness (QED) is 0.736. The fourth-order valence-electron chi connectivity index (χ4n) is 2.22. The number of rotatable bonds is 1. The second-order valence-corrected chi connectivity index (χ2v) is 4.12. The molecule has 0 saturated carbocycles. The summed E-state index contributed by atoms with van der Waals surface area (Å²) in [5.74, 6) is -0.209. The van der Waals surface area contributed by atoms with Crippen molar-refractivity contribution < 1.29 is 8.91 Å². The molecule has 1 aliphatic rings. The fraction of sp³-hybridized carbons (Fsp3) is 0.250. The first-order valence-electron chi connectivity index (χ1n) is 5.47. The summed E-state index contributed by atoms with van der Waals surface area (Å²) in [6, 6.07) is 1.65. The molecule has 0 aliphatic carbocycles. The topological polar surface area (TPSA) is 64.1 Å². The Bertz CT molecular complexity index is 551. The zero-order chi connectivity index (χ0) is 11.8. The van der Waals surface area contributed by atoms with E-state index < -0.39 is 0 Å². The van der Waals surface area contributed by atoms with Gasteiger partial charge in [-0.1, -0.05) is 5.16 Å². The van der Waals surface area contributed by atoms with Gasteiger partial charge in [0.05, 0.1) is 6.20 Å². The van der Waals surface area contributed by atoms with Gasteiger partial charge < -0.3 is 15.6 Å². The summed E-state index contributed by atoms with van der Waals surface area (Å²) < 4.78 is 19.1. The minimum atomic E-state index is -0.209. The van der Waals surface area contributed by atoms with Crippen LogP contribution < -0.4 is 11.1 Å². The van der Waals surface area contributed by atoms with Gasteiger partial charge in [0.1, 0.15) is 12.1 Å². The van der Waals surface area contributed by atoms with Crippen LogP contribution in [0.2, 0.25) is 0 Å². The molecule has 0 saturated heterocycles. The van der Waals surface area contributed by atoms with Crippen molar-refractivity contribution in [2.24, 2.45) is 0 Å². The van der Waals surface area contributed by atoms with Crippen LogP contribution in [0.3, 0.4) is 0 Å². The van der Waals surface area contributed by atoms with Gasteiger partial charge in [0.15, 0.2) is 0 Å². The molecule has 3 rings (SSSR count). The first kappa shape index (κ1) is 10.3. The largest absolute Gasteiger partial charge is 0.398 e. The molecule has 2 aromatic rings. The van der Waals surface area contributed by atoms with E-state index in [0.29, 0.717) is 35.3 Å². The molecule has 3 N–H and O–H groups in total. The summed E-state index contributed by atoms with van der Waals surface area (Å²) in [5, 5.41) is 6.77. The maximum Gasteiger partial charge on any atom is 0.134 e. The average Bonchev–Trinajstić information content (AvgIpc) is 2.87. The zero-order valence-electron chi connectivity index (χ0n) is 9.16. The highest BCUT2D eigenvalue weighted by Gasteiger charge is 2.20. The SMILES string of the molecule is Nc1cc(-c2cnoc2)c(F)c2c1CNCC2. The number of nitrogens with one attached hydrogen (secondary N) is 1. The van der Waals surface area contributed by atoms with Crippen LogP contribution in [0.4, 0.5) is 10.1 Å². The lowest BCUT2D eigenvalue weighted by molar-refractivity contribution is 0.420. The Morgan fingerprint density at radius 3 is 3.06 bits per heavy atom. The zero-order valence-corrected chi connectivity index (χ0v) is 9.16. The Balaban J connectivity index is 2.21. The van der Waals surface area contributed by atoms with Gasteiger partial charge in [-0.25, -0.2) is 4.39 Å². The molecule has 4 nitrogen and oxygen atoms in total. The number of aromatic nitrogens is 1. The predicted molar refractivity (Wildman–Crippen MR) is 61.7 cm³/mol. The Hall–Kier alpha value is -1.88. The number of nitrogens with two attached hydrogens (primary N) is 1. The number of fused-ring (bicyclic) bond motifs is 1. The molecule has 0 bridgehead atoms. The maximum absolute atomic E-state index is 14.3. The Morgan fingerprint density at radius 1 is 1.41 bits per heavy atom. The highest BCUT2D eigenvalue weighted by Crippen LogP contribution is 2.32. The van der Waals surface area contributed by atoms with Crippen LogP contribution in [0, 0.1) is 5.82 Å². The van der Waals surface area contributed by atoms with E-state index in [2.05, 4.69) is 10.5 Å². The van der Waals surface area contributed by atoms with Crippen molar-refractivity contribution in [2.75, 3.05) is 12.3 Å². The van der Waals surface area contributed by atoms with E-state index in [4.69, 9.17) is 10.3 Å². The first-order chi connectivity index (χ1) is 8.27. The second kappa shape index (κ2) is 3.85. The summed E-state index contributed by atoms with van der Waals surface area (Å²) in [6.07, 6.45) is 3.57. The van der Waals surface area contributed by atoms with Crippen LogP contribution in [-0.4, -0.2) is 11.7 Å². The van der Waals surface area contributed by atoms with E-state index in [-0.39, 0.29) is 5.82 Å². The highest BCUT2D eigenvalue weighted by molar-refractivity contribution is 5.70. The highest BCUT2D eigenvalue weighted by atomic mass is 19.1. The van der Waals surface area contributed by atoms with Crippen molar-refractivity contribution in [2.45, 2.75) is 13.0 Å². The molecule has 0 unspecified atom stereocenters. The molecular formula is C12H12FN3O. The van der Waals surface area contributed by atoms with Crippen molar-refractivity contribution >= 4 is 5.69 Å². The smallest absolute Gasteiger partial charge is 0.134 e. The second-order valence-electron chi connectivity index (χ2n) is 4.12. The van der Waals surface area contributed by atoms with Crippen LogP contribution >= 0.6 is 0 Å². The molecule has 0 fully saturated rings. The van der Waals surface area contributed by atoms with Crippen LogP contribution in [0.1, 0.15) is 11.1 Å². The van der Waals surface area contributed by atoms with Crippen LogP contribution in [-0.2, 0) is 13.0 Å². The number of nitrogens with zero attached hydrogens (tertiary/aromatic N) is 1. The van der Waals surface area contributed by atoms with E-state index in [1.54, 1.807) is 6.07 Å². The molecule has 1 aromatic carbocycles. The third-order valence-corrected chi connectivity index (χ3v) is 3.11. The summed E-state index contributed by atoms with van der Waals surface area (Å²) in [4.78, 5) is 0. The molecule has 1 aromatic heterocycles. The first-order valence-corrected chi connectivity index (χ1v) is 5.47. The number of hydrogen-bond acceptors (Lipinski definition) is 4. The predicted octanol–water partition coefficient (Wildman–Crippen LogP) is 1.71. The number of benzene rings is 1. The molecule has 0 radical (unpaired) electrons. The van der Waals surface area contributed by atoms with Gasteiger partial charge in [0.25, 0.3) is 0 Å². The van der Waals surface area contributed by atoms with E-state index in [9.17, 15) is 4.39 Å². The maximum atomic E-state index is 14.3. The van der Waals surface area contributed by atoms with Gasteiger partial charge in [-0.3, -0.25) is 0 Å². The van der Waals surface area contributed by atoms with Crippen molar-refractivity contribution in [3.63, 3.8) is 0 Å². The lowest BCUT2D eigenvalue weighted by Crippen LogP contribution is -2.25. The van der Waals surface area contributed by atoms with Crippen molar-refractivity contribution in [1.82, 2.24) is 10.5 Å². The van der Waals surface area contributed by atoms with Gasteiger partial charge in [-0.05, 0) is 30.2 Å². The Labute approximate surface area is 97.6 Å². The Morgan fingerprint density at radius 2 is 2.29 bits per heavy atom. The van der Waals surface area contributed by atoms with E-state index in [0.717, 1.165) is 12.1 Å². The number of nitrogen functional groups attached to an aromatic ring is 1. The molecule has 2 heterocycles. The van der Waals surface area contributed by atoms with E-state index in [1.807, 2.05) is 0 Å². The lowest BCUT2D eigenvalue weighted by Gasteiger charge is -2.21. The molecule has 88 valence electrons. The normalized spacial score (nSPS) is 14.6. The molecule has 0 spiro atoms. The summed E-state index contributed by atoms with van der Waals surface area (Å²) in [5.41, 5.74) is 9.24. The Kier molecular flexibility index (Phi) is 2.33. The molecule has 5 heteroatoms. The van der Waals surface area contributed by atoms with Gasteiger partial charge >= 0.3 is 0 Å². The van der Waals surface area contributed by atoms with Crippen LogP contribution in [0.25, 0.3) is 11.1 Å². The number of halogens is 1. The van der Waals surface area contributed by atoms with Crippen molar-refractivity contribution in [3.05, 3.63) is 35.5 Å². The summed E-state index contributed by atoms with van der Waals surface area (Å²) in [6.45, 7) is 1.40. The standard InChI is InChI=1S/C12H12FN3O/c13-12-8-1-2-15-5-10(8)11(14)3-9(12)7-4-16-17-6-7/h3-4,6,15H,1-2,5,14H2. The van der Waals surface area contributed by atoms with E-state index >= 15 is 0 Å². The van der Waals surface area contributed by atoms with Gasteiger partial charge in [-0.15, -0.1) is 0 Å². The van der Waals surface area contributed by atoms with Crippen molar-refractivity contribution in [3.8, 4) is 11.1 Å². The molecule has 1 aliphatic heterocycles. The molecular weight excluding hydrogens is 221 g/mol. The third-order valence-electron chi connectivity index (χ3n) is 3.11. The van der Waals surface area contributed by atoms with Gasteiger partial charge in [-0.2, -0.15) is 0 Å². The minimum Gasteiger partial charge on any atom is -0.398 e. The summed E-state index contributed by atoms with van der Waals surface area (Å²) >= 11 is 0. The molecule has 0 amide bonds. The number of hydrogen-bond donors (Lipinski definition) is 2. The molecule has 0 atom stereocenters. The van der Waals surface area contributed by atoms with Crippen molar-refractivity contribution in [1.29, 1.82) is 0 Å².